The molecule has 5 atom stereocenters. The van der Waals surface area contributed by atoms with Crippen molar-refractivity contribution in [1.29, 1.82) is 0 Å². The Hall–Kier alpha value is -3.15. The van der Waals surface area contributed by atoms with Crippen molar-refractivity contribution in [1.82, 2.24) is 0 Å². The van der Waals surface area contributed by atoms with E-state index < -0.39 is 48.3 Å². The summed E-state index contributed by atoms with van der Waals surface area (Å²) in [4.78, 5) is 12.9. The maximum Gasteiger partial charge on any atom is 0.197 e. The van der Waals surface area contributed by atoms with E-state index in [1.54, 1.807) is 0 Å². The van der Waals surface area contributed by atoms with Crippen LogP contribution in [0.15, 0.2) is 45.6 Å². The van der Waals surface area contributed by atoms with Crippen molar-refractivity contribution in [3.63, 3.8) is 0 Å². The summed E-state index contributed by atoms with van der Waals surface area (Å²) in [5.74, 6) is -0.333. The first kappa shape index (κ1) is 22.1. The lowest BCUT2D eigenvalue weighted by molar-refractivity contribution is -0.231. The molecule has 0 spiro atoms. The second-order valence-electron chi connectivity index (χ2n) is 7.49. The summed E-state index contributed by atoms with van der Waals surface area (Å²) < 4.78 is 16.9. The second kappa shape index (κ2) is 8.41. The third kappa shape index (κ3) is 3.57. The molecular formula is C22H22O10. The van der Waals surface area contributed by atoms with Gasteiger partial charge in [0.2, 0.25) is 0 Å². The van der Waals surface area contributed by atoms with E-state index in [-0.39, 0.29) is 33.8 Å². The van der Waals surface area contributed by atoms with E-state index in [0.29, 0.717) is 5.56 Å². The summed E-state index contributed by atoms with van der Waals surface area (Å²) in [7, 11) is 1.29. The Kier molecular flexibility index (Phi) is 5.80. The van der Waals surface area contributed by atoms with E-state index in [1.165, 1.54) is 31.4 Å². The Bertz CT molecular complexity index is 1180. The zero-order valence-corrected chi connectivity index (χ0v) is 16.9. The Morgan fingerprint density at radius 3 is 2.31 bits per heavy atom. The molecule has 0 amide bonds. The van der Waals surface area contributed by atoms with Crippen molar-refractivity contribution in [2.45, 2.75) is 30.5 Å². The molecule has 2 heterocycles. The minimum atomic E-state index is -1.67. The summed E-state index contributed by atoms with van der Waals surface area (Å²) in [6, 6.07) is 8.16. The molecule has 1 aliphatic rings. The first-order valence-corrected chi connectivity index (χ1v) is 9.74. The molecule has 10 heteroatoms. The van der Waals surface area contributed by atoms with Gasteiger partial charge in [0.1, 0.15) is 58.9 Å². The van der Waals surface area contributed by atoms with Crippen LogP contribution in [-0.4, -0.2) is 68.8 Å². The van der Waals surface area contributed by atoms with Crippen LogP contribution in [0.1, 0.15) is 11.7 Å². The van der Waals surface area contributed by atoms with Crippen molar-refractivity contribution >= 4 is 11.0 Å². The van der Waals surface area contributed by atoms with Gasteiger partial charge in [-0.3, -0.25) is 4.79 Å². The summed E-state index contributed by atoms with van der Waals surface area (Å²) >= 11 is 0. The second-order valence-corrected chi connectivity index (χ2v) is 7.49. The molecule has 3 aromatic rings. The largest absolute Gasteiger partial charge is 0.508 e. The molecular weight excluding hydrogens is 424 g/mol. The topological polar surface area (TPSA) is 170 Å². The van der Waals surface area contributed by atoms with Crippen molar-refractivity contribution in [3.8, 4) is 28.6 Å². The fraction of sp³-hybridized carbons (Fsp3) is 0.318. The summed E-state index contributed by atoms with van der Waals surface area (Å²) in [6.07, 6.45) is -7.51. The smallest absolute Gasteiger partial charge is 0.197 e. The Morgan fingerprint density at radius 1 is 1.00 bits per heavy atom. The standard InChI is InChI=1S/C22H22O10/c1-30-14-7-12(26)16-11(25)6-13(9-2-4-10(24)5-3-9)31-21(16)17(14)22-20(29)19(28)18(27)15(8-23)32-22/h2-7,15,18-20,22-24,26-29H,8H2,1H3/t15-,18-,19+,20-,22+/m0/s1. The molecule has 1 aliphatic heterocycles. The predicted octanol–water partition coefficient (Wildman–Crippen LogP) is 0.395. The lowest BCUT2D eigenvalue weighted by Gasteiger charge is -2.40. The van der Waals surface area contributed by atoms with Gasteiger partial charge in [-0.1, -0.05) is 0 Å². The minimum absolute atomic E-state index is 0.00895. The molecule has 6 N–H and O–H groups in total. The number of fused-ring (bicyclic) bond motifs is 1. The van der Waals surface area contributed by atoms with Crippen molar-refractivity contribution < 1.29 is 44.5 Å². The summed E-state index contributed by atoms with van der Waals surface area (Å²) in [5.41, 5.74) is -0.305. The molecule has 1 aromatic heterocycles. The Balaban J connectivity index is 1.99. The molecule has 0 radical (unpaired) electrons. The number of rotatable bonds is 4. The number of hydrogen-bond donors (Lipinski definition) is 6. The first-order valence-electron chi connectivity index (χ1n) is 9.74. The van der Waals surface area contributed by atoms with Crippen LogP contribution in [-0.2, 0) is 4.74 Å². The van der Waals surface area contributed by atoms with Crippen LogP contribution in [0.25, 0.3) is 22.3 Å². The zero-order valence-electron chi connectivity index (χ0n) is 16.9. The fourth-order valence-electron chi connectivity index (χ4n) is 3.86. The molecule has 32 heavy (non-hydrogen) atoms. The fourth-order valence-corrected chi connectivity index (χ4v) is 3.86. The normalized spacial score (nSPS) is 25.7. The highest BCUT2D eigenvalue weighted by molar-refractivity contribution is 5.89. The van der Waals surface area contributed by atoms with Gasteiger partial charge in [0.25, 0.3) is 0 Å². The highest BCUT2D eigenvalue weighted by Gasteiger charge is 2.46. The number of hydrogen-bond acceptors (Lipinski definition) is 10. The number of aliphatic hydroxyl groups is 4. The molecule has 10 nitrogen and oxygen atoms in total. The SMILES string of the molecule is COc1cc(O)c2c(=O)cc(-c3ccc(O)cc3)oc2c1[C@H]1O[C@@H](CO)[C@H](O)[C@@H](O)[C@@H]1O. The molecule has 1 fully saturated rings. The van der Waals surface area contributed by atoms with Crippen LogP contribution in [0.3, 0.4) is 0 Å². The number of benzene rings is 2. The number of phenols is 2. The quantitative estimate of drug-likeness (QED) is 0.330. The highest BCUT2D eigenvalue weighted by atomic mass is 16.5. The van der Waals surface area contributed by atoms with Gasteiger partial charge in [0, 0.05) is 17.7 Å². The van der Waals surface area contributed by atoms with Gasteiger partial charge in [-0.15, -0.1) is 0 Å². The maximum absolute atomic E-state index is 12.9. The van der Waals surface area contributed by atoms with E-state index in [9.17, 15) is 35.4 Å². The maximum atomic E-state index is 12.9. The van der Waals surface area contributed by atoms with Gasteiger partial charge in [-0.05, 0) is 24.3 Å². The average molecular weight is 446 g/mol. The van der Waals surface area contributed by atoms with Crippen molar-refractivity contribution in [3.05, 3.63) is 52.2 Å². The van der Waals surface area contributed by atoms with Crippen molar-refractivity contribution in [2.75, 3.05) is 13.7 Å². The third-order valence-corrected chi connectivity index (χ3v) is 5.53. The molecule has 0 bridgehead atoms. The molecule has 170 valence electrons. The molecule has 2 aromatic carbocycles. The van der Waals surface area contributed by atoms with Gasteiger partial charge in [0.15, 0.2) is 11.0 Å². The van der Waals surface area contributed by atoms with Crippen LogP contribution >= 0.6 is 0 Å². The monoisotopic (exact) mass is 446 g/mol. The first-order chi connectivity index (χ1) is 15.3. The van der Waals surface area contributed by atoms with Gasteiger partial charge in [-0.25, -0.2) is 0 Å². The van der Waals surface area contributed by atoms with Crippen LogP contribution in [0.4, 0.5) is 0 Å². The van der Waals surface area contributed by atoms with E-state index in [1.807, 2.05) is 0 Å². The predicted molar refractivity (Wildman–Crippen MR) is 111 cm³/mol. The summed E-state index contributed by atoms with van der Waals surface area (Å²) in [6.45, 7) is -0.650. The number of aliphatic hydroxyl groups excluding tert-OH is 4. The lowest BCUT2D eigenvalue weighted by Crippen LogP contribution is -2.55. The van der Waals surface area contributed by atoms with Gasteiger partial charge in [-0.2, -0.15) is 0 Å². The van der Waals surface area contributed by atoms with Crippen molar-refractivity contribution in [2.24, 2.45) is 0 Å². The number of aromatic hydroxyl groups is 2. The van der Waals surface area contributed by atoms with Crippen LogP contribution in [0, 0.1) is 0 Å². The minimum Gasteiger partial charge on any atom is -0.508 e. The van der Waals surface area contributed by atoms with E-state index >= 15 is 0 Å². The van der Waals surface area contributed by atoms with E-state index in [0.717, 1.165) is 12.1 Å². The van der Waals surface area contributed by atoms with Gasteiger partial charge in [0.05, 0.1) is 19.3 Å². The molecule has 4 rings (SSSR count). The Labute approximate surface area is 181 Å². The van der Waals surface area contributed by atoms with Gasteiger partial charge < -0.3 is 44.5 Å². The Morgan fingerprint density at radius 2 is 1.69 bits per heavy atom. The van der Waals surface area contributed by atoms with Gasteiger partial charge >= 0.3 is 0 Å². The lowest BCUT2D eigenvalue weighted by atomic mass is 9.89. The number of ether oxygens (including phenoxy) is 2. The van der Waals surface area contributed by atoms with E-state index in [4.69, 9.17) is 13.9 Å². The molecule has 0 unspecified atom stereocenters. The highest BCUT2D eigenvalue weighted by Crippen LogP contribution is 2.44. The average Bonchev–Trinajstić information content (AvgIpc) is 2.78. The van der Waals surface area contributed by atoms with Crippen LogP contribution < -0.4 is 10.2 Å². The molecule has 0 aliphatic carbocycles. The number of methoxy groups -OCH3 is 1. The summed E-state index contributed by atoms with van der Waals surface area (Å²) in [5, 5.41) is 60.2. The van der Waals surface area contributed by atoms with Crippen LogP contribution in [0.2, 0.25) is 0 Å². The number of phenolic OH excluding ortho intramolecular Hbond substituents is 2. The third-order valence-electron chi connectivity index (χ3n) is 5.53. The van der Waals surface area contributed by atoms with E-state index in [2.05, 4.69) is 0 Å². The van der Waals surface area contributed by atoms with Crippen LogP contribution in [0.5, 0.6) is 17.2 Å². The molecule has 0 saturated carbocycles. The zero-order chi connectivity index (χ0) is 23.2. The molecule has 1 saturated heterocycles.